The van der Waals surface area contributed by atoms with Crippen molar-refractivity contribution in [2.75, 3.05) is 37.1 Å². The number of amides is 1. The summed E-state index contributed by atoms with van der Waals surface area (Å²) in [4.78, 5) is 13.2. The summed E-state index contributed by atoms with van der Waals surface area (Å²) < 4.78 is 15.7. The lowest BCUT2D eigenvalue weighted by atomic mass is 10.2. The van der Waals surface area contributed by atoms with Crippen LogP contribution in [0.5, 0.6) is 11.5 Å². The third kappa shape index (κ3) is 6.59. The van der Waals surface area contributed by atoms with E-state index in [0.29, 0.717) is 29.5 Å². The number of nitrogens with zero attached hydrogens (tertiary/aromatic N) is 2. The zero-order valence-electron chi connectivity index (χ0n) is 16.8. The fourth-order valence-electron chi connectivity index (χ4n) is 2.39. The van der Waals surface area contributed by atoms with Gasteiger partial charge in [-0.2, -0.15) is 5.26 Å². The molecule has 2 rings (SSSR count). The smallest absolute Gasteiger partial charge is 0.290 e. The van der Waals surface area contributed by atoms with Gasteiger partial charge in [0, 0.05) is 11.9 Å². The zero-order chi connectivity index (χ0) is 22.8. The molecule has 1 amide bonds. The molecule has 0 bridgehead atoms. The van der Waals surface area contributed by atoms with E-state index in [-0.39, 0.29) is 27.9 Å². The average Bonchev–Trinajstić information content (AvgIpc) is 2.78. The zero-order valence-corrected chi connectivity index (χ0v) is 19.1. The lowest BCUT2D eigenvalue weighted by Crippen LogP contribution is -2.37. The highest BCUT2D eigenvalue weighted by Gasteiger charge is 2.25. The van der Waals surface area contributed by atoms with Gasteiger partial charge in [0.1, 0.15) is 23.8 Å². The van der Waals surface area contributed by atoms with Crippen LogP contribution >= 0.6 is 34.8 Å². The number of methoxy groups -OCH3 is 2. The number of nitrogens with one attached hydrogen (secondary N) is 1. The first-order valence-electron chi connectivity index (χ1n) is 9.01. The molecule has 0 aromatic heterocycles. The number of benzene rings is 2. The van der Waals surface area contributed by atoms with Crippen LogP contribution in [-0.4, -0.2) is 32.6 Å². The van der Waals surface area contributed by atoms with Gasteiger partial charge < -0.3 is 14.2 Å². The highest BCUT2D eigenvalue weighted by atomic mass is 35.5. The Morgan fingerprint density at radius 1 is 1.16 bits per heavy atom. The van der Waals surface area contributed by atoms with Crippen molar-refractivity contribution in [1.82, 2.24) is 0 Å². The molecule has 0 atom stereocenters. The lowest BCUT2D eigenvalue weighted by Gasteiger charge is -2.26. The number of hydrogen-bond acceptors (Lipinski definition) is 6. The van der Waals surface area contributed by atoms with Gasteiger partial charge in [0.2, 0.25) is 0 Å². The Balaban J connectivity index is 2.46. The standard InChI is InChI=1S/C21H20Cl3N3O4/c1-29-16-6-4-15(5-7-16)26-27(19-11-20(30-2)18(24)10-17(19)23)21(28)14(12-25)13-31-9-3-8-22/h4-7,10-11,13,26H,3,8-9H2,1-2H3. The molecule has 0 heterocycles. The SMILES string of the molecule is COc1ccc(NN(C(=O)C(C#N)=COCCCCl)c2cc(OC)c(Cl)cc2Cl)cc1. The number of carbonyl (C=O) groups is 1. The number of carbonyl (C=O) groups excluding carboxylic acids is 1. The first kappa shape index (κ1) is 24.5. The van der Waals surface area contributed by atoms with E-state index in [2.05, 4.69) is 5.43 Å². The summed E-state index contributed by atoms with van der Waals surface area (Å²) in [6.07, 6.45) is 1.66. The van der Waals surface area contributed by atoms with E-state index in [1.807, 2.05) is 6.07 Å². The van der Waals surface area contributed by atoms with Crippen LogP contribution in [0, 0.1) is 11.3 Å². The molecule has 7 nitrogen and oxygen atoms in total. The Bertz CT molecular complexity index is 975. The minimum Gasteiger partial charge on any atom is -0.500 e. The fourth-order valence-corrected chi connectivity index (χ4v) is 3.04. The van der Waals surface area contributed by atoms with Crippen molar-refractivity contribution in [2.24, 2.45) is 0 Å². The Labute approximate surface area is 195 Å². The normalized spacial score (nSPS) is 10.8. The van der Waals surface area contributed by atoms with E-state index in [1.54, 1.807) is 31.4 Å². The third-order valence-electron chi connectivity index (χ3n) is 3.94. The van der Waals surface area contributed by atoms with Crippen LogP contribution < -0.4 is 19.9 Å². The molecule has 2 aromatic carbocycles. The van der Waals surface area contributed by atoms with E-state index >= 15 is 0 Å². The molecule has 0 radical (unpaired) electrons. The van der Waals surface area contributed by atoms with Crippen molar-refractivity contribution in [3.8, 4) is 17.6 Å². The second-order valence-electron chi connectivity index (χ2n) is 5.98. The molecule has 0 unspecified atom stereocenters. The van der Waals surface area contributed by atoms with Gasteiger partial charge >= 0.3 is 0 Å². The van der Waals surface area contributed by atoms with Crippen LogP contribution in [0.2, 0.25) is 10.0 Å². The first-order valence-corrected chi connectivity index (χ1v) is 10.3. The van der Waals surface area contributed by atoms with E-state index in [1.165, 1.54) is 19.2 Å². The average molecular weight is 485 g/mol. The van der Waals surface area contributed by atoms with Gasteiger partial charge in [-0.1, -0.05) is 23.2 Å². The Morgan fingerprint density at radius 3 is 2.45 bits per heavy atom. The van der Waals surface area contributed by atoms with Gasteiger partial charge in [0.25, 0.3) is 5.91 Å². The highest BCUT2D eigenvalue weighted by Crippen LogP contribution is 2.37. The highest BCUT2D eigenvalue weighted by molar-refractivity contribution is 6.37. The van der Waals surface area contributed by atoms with Crippen LogP contribution in [0.3, 0.4) is 0 Å². The molecule has 164 valence electrons. The summed E-state index contributed by atoms with van der Waals surface area (Å²) in [5, 5.41) is 11.1. The van der Waals surface area contributed by atoms with Crippen LogP contribution in [0.4, 0.5) is 11.4 Å². The van der Waals surface area contributed by atoms with Crippen molar-refractivity contribution < 1.29 is 19.0 Å². The third-order valence-corrected chi connectivity index (χ3v) is 4.81. The molecule has 1 N–H and O–H groups in total. The maximum absolute atomic E-state index is 13.2. The maximum Gasteiger partial charge on any atom is 0.290 e. The van der Waals surface area contributed by atoms with Gasteiger partial charge in [0.15, 0.2) is 5.57 Å². The van der Waals surface area contributed by atoms with Gasteiger partial charge in [-0.05, 0) is 36.8 Å². The molecule has 0 saturated heterocycles. The number of hydrogen-bond donors (Lipinski definition) is 1. The van der Waals surface area contributed by atoms with Gasteiger partial charge in [-0.15, -0.1) is 11.6 Å². The number of hydrazine groups is 1. The van der Waals surface area contributed by atoms with Crippen molar-refractivity contribution in [2.45, 2.75) is 6.42 Å². The minimum absolute atomic E-state index is 0.167. The molecule has 10 heteroatoms. The second kappa shape index (κ2) is 12.2. The fraction of sp³-hybridized carbons (Fsp3) is 0.238. The van der Waals surface area contributed by atoms with E-state index in [9.17, 15) is 10.1 Å². The molecule has 0 saturated carbocycles. The van der Waals surface area contributed by atoms with Gasteiger partial charge in [-0.25, -0.2) is 5.01 Å². The van der Waals surface area contributed by atoms with Gasteiger partial charge in [0.05, 0.1) is 42.2 Å². The molecule has 31 heavy (non-hydrogen) atoms. The minimum atomic E-state index is -0.699. The summed E-state index contributed by atoms with van der Waals surface area (Å²) in [6, 6.07) is 11.6. The van der Waals surface area contributed by atoms with Crippen molar-refractivity contribution >= 4 is 52.1 Å². The summed E-state index contributed by atoms with van der Waals surface area (Å²) in [7, 11) is 2.99. The van der Waals surface area contributed by atoms with E-state index in [4.69, 9.17) is 49.0 Å². The van der Waals surface area contributed by atoms with Crippen LogP contribution in [0.25, 0.3) is 0 Å². The number of halogens is 3. The van der Waals surface area contributed by atoms with Crippen molar-refractivity contribution in [3.63, 3.8) is 0 Å². The summed E-state index contributed by atoms with van der Waals surface area (Å²) >= 11 is 18.1. The largest absolute Gasteiger partial charge is 0.500 e. The molecular formula is C21H20Cl3N3O4. The van der Waals surface area contributed by atoms with E-state index in [0.717, 1.165) is 11.3 Å². The number of rotatable bonds is 10. The second-order valence-corrected chi connectivity index (χ2v) is 7.17. The Kier molecular flexibility index (Phi) is 9.60. The first-order chi connectivity index (χ1) is 14.9. The molecular weight excluding hydrogens is 465 g/mol. The number of ether oxygens (including phenoxy) is 3. The number of anilines is 2. The van der Waals surface area contributed by atoms with Crippen molar-refractivity contribution in [1.29, 1.82) is 5.26 Å². The molecule has 0 aliphatic heterocycles. The van der Waals surface area contributed by atoms with Crippen LogP contribution in [0.1, 0.15) is 6.42 Å². The predicted octanol–water partition coefficient (Wildman–Crippen LogP) is 5.42. The number of nitriles is 1. The van der Waals surface area contributed by atoms with Crippen LogP contribution in [-0.2, 0) is 9.53 Å². The summed E-state index contributed by atoms with van der Waals surface area (Å²) in [5.74, 6) is 0.640. The Hall–Kier alpha value is -2.79. The molecule has 0 fully saturated rings. The summed E-state index contributed by atoms with van der Waals surface area (Å²) in [6.45, 7) is 0.267. The molecule has 2 aromatic rings. The molecule has 0 spiro atoms. The predicted molar refractivity (Wildman–Crippen MR) is 122 cm³/mol. The summed E-state index contributed by atoms with van der Waals surface area (Å²) in [5.41, 5.74) is 3.47. The number of alkyl halides is 1. The molecule has 0 aliphatic carbocycles. The quantitative estimate of drug-likeness (QED) is 0.121. The Morgan fingerprint density at radius 2 is 1.87 bits per heavy atom. The van der Waals surface area contributed by atoms with Crippen molar-refractivity contribution in [3.05, 3.63) is 58.3 Å². The van der Waals surface area contributed by atoms with Crippen LogP contribution in [0.15, 0.2) is 48.2 Å². The van der Waals surface area contributed by atoms with Gasteiger partial charge in [-0.3, -0.25) is 10.2 Å². The lowest BCUT2D eigenvalue weighted by molar-refractivity contribution is -0.114. The molecule has 0 aliphatic rings. The van der Waals surface area contributed by atoms with E-state index < -0.39 is 5.91 Å². The monoisotopic (exact) mass is 483 g/mol. The topological polar surface area (TPSA) is 83.8 Å². The maximum atomic E-state index is 13.2.